The maximum atomic E-state index is 12.5. The first-order valence-electron chi connectivity index (χ1n) is 9.18. The summed E-state index contributed by atoms with van der Waals surface area (Å²) in [4.78, 5) is 15.6. The number of para-hydroxylation sites is 1. The van der Waals surface area contributed by atoms with Crippen molar-refractivity contribution < 1.29 is 4.79 Å². The van der Waals surface area contributed by atoms with E-state index in [0.717, 1.165) is 22.5 Å². The molecule has 3 aromatic rings. The number of carbonyl (C=O) groups excluding carboxylic acids is 1. The molecule has 4 rings (SSSR count). The minimum absolute atomic E-state index is 0.101. The zero-order valence-electron chi connectivity index (χ0n) is 14.6. The van der Waals surface area contributed by atoms with E-state index in [-0.39, 0.29) is 5.91 Å². The number of rotatable bonds is 3. The van der Waals surface area contributed by atoms with Gasteiger partial charge in [-0.1, -0.05) is 50.1 Å². The number of aromatic nitrogens is 1. The normalized spacial score (nSPS) is 20.5. The van der Waals surface area contributed by atoms with E-state index in [9.17, 15) is 4.79 Å². The van der Waals surface area contributed by atoms with Crippen LogP contribution in [-0.4, -0.2) is 10.9 Å². The van der Waals surface area contributed by atoms with Crippen molar-refractivity contribution in [3.63, 3.8) is 0 Å². The first-order valence-corrected chi connectivity index (χ1v) is 9.18. The molecule has 0 radical (unpaired) electrons. The molecule has 1 aliphatic rings. The van der Waals surface area contributed by atoms with Crippen LogP contribution in [0.25, 0.3) is 10.9 Å². The fourth-order valence-corrected chi connectivity index (χ4v) is 3.83. The molecule has 0 spiro atoms. The van der Waals surface area contributed by atoms with Gasteiger partial charge in [0.25, 0.3) is 5.91 Å². The maximum absolute atomic E-state index is 12.5. The van der Waals surface area contributed by atoms with Crippen molar-refractivity contribution >= 4 is 22.5 Å². The van der Waals surface area contributed by atoms with Crippen LogP contribution >= 0.6 is 0 Å². The van der Waals surface area contributed by atoms with E-state index in [1.165, 1.54) is 31.2 Å². The Labute approximate surface area is 148 Å². The van der Waals surface area contributed by atoms with Crippen molar-refractivity contribution in [3.05, 3.63) is 65.9 Å². The molecule has 0 unspecified atom stereocenters. The predicted octanol–water partition coefficient (Wildman–Crippen LogP) is 5.71. The summed E-state index contributed by atoms with van der Waals surface area (Å²) < 4.78 is 0. The quantitative estimate of drug-likeness (QED) is 0.633. The minimum Gasteiger partial charge on any atom is -0.351 e. The molecule has 1 saturated carbocycles. The Morgan fingerprint density at radius 2 is 1.72 bits per heavy atom. The lowest BCUT2D eigenvalue weighted by atomic mass is 9.79. The van der Waals surface area contributed by atoms with E-state index in [1.807, 2.05) is 42.5 Å². The number of hydrogen-bond donors (Lipinski definition) is 2. The van der Waals surface area contributed by atoms with Crippen LogP contribution in [0.4, 0.5) is 5.69 Å². The fourth-order valence-electron chi connectivity index (χ4n) is 3.83. The molecule has 1 fully saturated rings. The molecule has 2 N–H and O–H groups in total. The number of carbonyl (C=O) groups is 1. The van der Waals surface area contributed by atoms with Gasteiger partial charge in [-0.15, -0.1) is 0 Å². The van der Waals surface area contributed by atoms with E-state index < -0.39 is 0 Å². The third kappa shape index (κ3) is 3.46. The topological polar surface area (TPSA) is 44.9 Å². The SMILES string of the molecule is CC1CCC(c2ccc(NC(=O)c3cc4ccccc4[nH]3)cc2)CC1. The van der Waals surface area contributed by atoms with Crippen molar-refractivity contribution in [1.82, 2.24) is 4.98 Å². The summed E-state index contributed by atoms with van der Waals surface area (Å²) >= 11 is 0. The Bertz CT molecular complexity index is 837. The summed E-state index contributed by atoms with van der Waals surface area (Å²) in [7, 11) is 0. The Balaban J connectivity index is 1.44. The first-order chi connectivity index (χ1) is 12.2. The molecule has 3 heteroatoms. The second-order valence-corrected chi connectivity index (χ2v) is 7.30. The molecule has 128 valence electrons. The van der Waals surface area contributed by atoms with Gasteiger partial charge in [0, 0.05) is 16.6 Å². The largest absolute Gasteiger partial charge is 0.351 e. The average Bonchev–Trinajstić information content (AvgIpc) is 3.07. The number of benzene rings is 2. The van der Waals surface area contributed by atoms with Gasteiger partial charge >= 0.3 is 0 Å². The summed E-state index contributed by atoms with van der Waals surface area (Å²) in [5.74, 6) is 1.44. The second kappa shape index (κ2) is 6.75. The van der Waals surface area contributed by atoms with Crippen LogP contribution in [0.5, 0.6) is 0 Å². The molecule has 25 heavy (non-hydrogen) atoms. The van der Waals surface area contributed by atoms with E-state index in [2.05, 4.69) is 29.4 Å². The van der Waals surface area contributed by atoms with Crippen LogP contribution in [0, 0.1) is 5.92 Å². The summed E-state index contributed by atoms with van der Waals surface area (Å²) in [5.41, 5.74) is 3.81. The molecule has 1 aliphatic carbocycles. The molecule has 2 aromatic carbocycles. The van der Waals surface area contributed by atoms with E-state index in [0.29, 0.717) is 11.6 Å². The third-order valence-corrected chi connectivity index (χ3v) is 5.43. The van der Waals surface area contributed by atoms with Crippen LogP contribution < -0.4 is 5.32 Å². The predicted molar refractivity (Wildman–Crippen MR) is 103 cm³/mol. The van der Waals surface area contributed by atoms with Gasteiger partial charge in [0.15, 0.2) is 0 Å². The van der Waals surface area contributed by atoms with Gasteiger partial charge < -0.3 is 10.3 Å². The molecular weight excluding hydrogens is 308 g/mol. The van der Waals surface area contributed by atoms with Crippen LogP contribution in [0.1, 0.15) is 54.6 Å². The monoisotopic (exact) mass is 332 g/mol. The van der Waals surface area contributed by atoms with Crippen molar-refractivity contribution in [2.75, 3.05) is 5.32 Å². The molecule has 1 amide bonds. The van der Waals surface area contributed by atoms with E-state index in [1.54, 1.807) is 0 Å². The maximum Gasteiger partial charge on any atom is 0.272 e. The zero-order valence-corrected chi connectivity index (χ0v) is 14.6. The number of amides is 1. The van der Waals surface area contributed by atoms with Crippen molar-refractivity contribution in [3.8, 4) is 0 Å². The van der Waals surface area contributed by atoms with Gasteiger partial charge in [-0.05, 0) is 54.5 Å². The Hall–Kier alpha value is -2.55. The van der Waals surface area contributed by atoms with Gasteiger partial charge in [0.2, 0.25) is 0 Å². The Kier molecular flexibility index (Phi) is 4.31. The molecule has 0 atom stereocenters. The average molecular weight is 332 g/mol. The van der Waals surface area contributed by atoms with Crippen molar-refractivity contribution in [2.45, 2.75) is 38.5 Å². The highest BCUT2D eigenvalue weighted by Gasteiger charge is 2.19. The fraction of sp³-hybridized carbons (Fsp3) is 0.318. The highest BCUT2D eigenvalue weighted by atomic mass is 16.1. The summed E-state index contributed by atoms with van der Waals surface area (Å²) in [5, 5.41) is 4.04. The van der Waals surface area contributed by atoms with Gasteiger partial charge in [-0.3, -0.25) is 4.79 Å². The molecule has 1 heterocycles. The van der Waals surface area contributed by atoms with Gasteiger partial charge in [-0.25, -0.2) is 0 Å². The Morgan fingerprint density at radius 1 is 1.00 bits per heavy atom. The zero-order chi connectivity index (χ0) is 17.2. The molecule has 0 saturated heterocycles. The number of anilines is 1. The first kappa shape index (κ1) is 15.9. The smallest absolute Gasteiger partial charge is 0.272 e. The van der Waals surface area contributed by atoms with Crippen LogP contribution in [0.15, 0.2) is 54.6 Å². The molecule has 3 nitrogen and oxygen atoms in total. The molecular formula is C22H24N2O. The number of fused-ring (bicyclic) bond motifs is 1. The molecule has 1 aromatic heterocycles. The number of aromatic amines is 1. The summed E-state index contributed by atoms with van der Waals surface area (Å²) in [6.07, 6.45) is 5.21. The van der Waals surface area contributed by atoms with E-state index in [4.69, 9.17) is 0 Å². The van der Waals surface area contributed by atoms with Gasteiger partial charge in [-0.2, -0.15) is 0 Å². The highest BCUT2D eigenvalue weighted by molar-refractivity contribution is 6.05. The lowest BCUT2D eigenvalue weighted by molar-refractivity contribution is 0.102. The van der Waals surface area contributed by atoms with Crippen molar-refractivity contribution in [1.29, 1.82) is 0 Å². The van der Waals surface area contributed by atoms with Crippen LogP contribution in [0.3, 0.4) is 0 Å². The van der Waals surface area contributed by atoms with Gasteiger partial charge in [0.1, 0.15) is 5.69 Å². The lowest BCUT2D eigenvalue weighted by Crippen LogP contribution is -2.13. The third-order valence-electron chi connectivity index (χ3n) is 5.43. The summed E-state index contributed by atoms with van der Waals surface area (Å²) in [6, 6.07) is 18.2. The van der Waals surface area contributed by atoms with Crippen LogP contribution in [-0.2, 0) is 0 Å². The molecule has 0 bridgehead atoms. The van der Waals surface area contributed by atoms with Gasteiger partial charge in [0.05, 0.1) is 0 Å². The van der Waals surface area contributed by atoms with E-state index >= 15 is 0 Å². The highest BCUT2D eigenvalue weighted by Crippen LogP contribution is 2.35. The molecule has 0 aliphatic heterocycles. The second-order valence-electron chi connectivity index (χ2n) is 7.30. The summed E-state index contributed by atoms with van der Waals surface area (Å²) in [6.45, 7) is 2.35. The number of nitrogens with one attached hydrogen (secondary N) is 2. The number of hydrogen-bond acceptors (Lipinski definition) is 1. The van der Waals surface area contributed by atoms with Crippen molar-refractivity contribution in [2.24, 2.45) is 5.92 Å². The number of H-pyrrole nitrogens is 1. The minimum atomic E-state index is -0.101. The van der Waals surface area contributed by atoms with Crippen LogP contribution in [0.2, 0.25) is 0 Å². The standard InChI is InChI=1S/C22H24N2O/c1-15-6-8-16(9-7-15)17-10-12-19(13-11-17)23-22(25)21-14-18-4-2-3-5-20(18)24-21/h2-5,10-16,24H,6-9H2,1H3,(H,23,25). The lowest BCUT2D eigenvalue weighted by Gasteiger charge is -2.26. The Morgan fingerprint density at radius 3 is 2.44 bits per heavy atom.